The van der Waals surface area contributed by atoms with Gasteiger partial charge >= 0.3 is 0 Å². The average Bonchev–Trinajstić information content (AvgIpc) is 2.60. The number of rotatable bonds is 4. The molecule has 0 aliphatic carbocycles. The number of anilines is 1. The molecule has 3 rings (SSSR count). The number of nitrogens with zero attached hydrogens (tertiary/aromatic N) is 1. The lowest BCUT2D eigenvalue weighted by Crippen LogP contribution is -2.19. The lowest BCUT2D eigenvalue weighted by atomic mass is 9.97. The van der Waals surface area contributed by atoms with Crippen LogP contribution in [0.15, 0.2) is 54.7 Å². The number of fused-ring (bicyclic) bond motifs is 1. The van der Waals surface area contributed by atoms with E-state index in [2.05, 4.69) is 10.3 Å². The minimum Gasteiger partial charge on any atom is -0.497 e. The Morgan fingerprint density at radius 3 is 2.58 bits per heavy atom. The van der Waals surface area contributed by atoms with Gasteiger partial charge in [-0.05, 0) is 60.0 Å². The number of benzene rings is 2. The van der Waals surface area contributed by atoms with E-state index in [0.717, 1.165) is 27.6 Å². The molecule has 0 saturated carbocycles. The molecule has 122 valence electrons. The zero-order valence-electron chi connectivity index (χ0n) is 14.0. The van der Waals surface area contributed by atoms with Crippen LogP contribution in [0.3, 0.4) is 0 Å². The number of methoxy groups -OCH3 is 1. The first-order valence-corrected chi connectivity index (χ1v) is 7.88. The summed E-state index contributed by atoms with van der Waals surface area (Å²) in [5.41, 5.74) is 2.03. The van der Waals surface area contributed by atoms with Crippen molar-refractivity contribution in [2.75, 3.05) is 12.4 Å². The maximum absolute atomic E-state index is 12.5. The van der Waals surface area contributed by atoms with Gasteiger partial charge in [-0.25, -0.2) is 4.98 Å². The highest BCUT2D eigenvalue weighted by Gasteiger charge is 2.16. The Morgan fingerprint density at radius 1 is 1.08 bits per heavy atom. The van der Waals surface area contributed by atoms with Crippen LogP contribution in [0.2, 0.25) is 0 Å². The van der Waals surface area contributed by atoms with Gasteiger partial charge in [0.2, 0.25) is 5.91 Å². The summed E-state index contributed by atoms with van der Waals surface area (Å²) in [5, 5.41) is 5.05. The average molecular weight is 320 g/mol. The first-order chi connectivity index (χ1) is 11.6. The zero-order valence-corrected chi connectivity index (χ0v) is 14.0. The van der Waals surface area contributed by atoms with E-state index in [1.807, 2.05) is 62.4 Å². The van der Waals surface area contributed by atoms with Crippen LogP contribution in [0.4, 0.5) is 5.82 Å². The number of hydrogen-bond acceptors (Lipinski definition) is 3. The fraction of sp³-hybridized carbons (Fsp3) is 0.200. The third-order valence-electron chi connectivity index (χ3n) is 4.13. The summed E-state index contributed by atoms with van der Waals surface area (Å²) < 4.78 is 5.24. The highest BCUT2D eigenvalue weighted by molar-refractivity contribution is 5.96. The van der Waals surface area contributed by atoms with Crippen molar-refractivity contribution in [2.45, 2.75) is 19.8 Å². The second-order valence-electron chi connectivity index (χ2n) is 5.90. The first-order valence-electron chi connectivity index (χ1n) is 7.88. The molecule has 0 aliphatic heterocycles. The van der Waals surface area contributed by atoms with Gasteiger partial charge in [0.15, 0.2) is 0 Å². The number of aromatic nitrogens is 1. The smallest absolute Gasteiger partial charge is 0.232 e. The van der Waals surface area contributed by atoms with E-state index in [1.54, 1.807) is 13.3 Å². The Hall–Kier alpha value is -2.88. The quantitative estimate of drug-likeness (QED) is 0.780. The third-order valence-corrected chi connectivity index (χ3v) is 4.13. The summed E-state index contributed by atoms with van der Waals surface area (Å²) in [6.07, 6.45) is 1.69. The van der Waals surface area contributed by atoms with Crippen molar-refractivity contribution < 1.29 is 9.53 Å². The van der Waals surface area contributed by atoms with Crippen molar-refractivity contribution in [3.63, 3.8) is 0 Å². The third kappa shape index (κ3) is 3.38. The van der Waals surface area contributed by atoms with Crippen molar-refractivity contribution in [1.29, 1.82) is 0 Å². The van der Waals surface area contributed by atoms with Crippen molar-refractivity contribution in [2.24, 2.45) is 0 Å². The molecule has 0 spiro atoms. The maximum Gasteiger partial charge on any atom is 0.232 e. The number of ether oxygens (including phenoxy) is 1. The number of aryl methyl sites for hydroxylation is 1. The van der Waals surface area contributed by atoms with Crippen LogP contribution in [-0.4, -0.2) is 18.0 Å². The largest absolute Gasteiger partial charge is 0.497 e. The van der Waals surface area contributed by atoms with E-state index in [0.29, 0.717) is 5.82 Å². The molecule has 3 aromatic rings. The van der Waals surface area contributed by atoms with E-state index < -0.39 is 0 Å². The summed E-state index contributed by atoms with van der Waals surface area (Å²) in [5.74, 6) is 1.07. The van der Waals surface area contributed by atoms with Crippen molar-refractivity contribution in [3.8, 4) is 5.75 Å². The van der Waals surface area contributed by atoms with Gasteiger partial charge in [0.05, 0.1) is 13.0 Å². The number of nitrogens with one attached hydrogen (secondary N) is 1. The molecular formula is C20H20N2O2. The fourth-order valence-corrected chi connectivity index (χ4v) is 2.63. The first kappa shape index (κ1) is 16.0. The molecule has 4 heteroatoms. The van der Waals surface area contributed by atoms with Gasteiger partial charge in [-0.3, -0.25) is 4.79 Å². The lowest BCUT2D eigenvalue weighted by molar-refractivity contribution is -0.117. The number of hydrogen-bond donors (Lipinski definition) is 1. The molecule has 2 aromatic carbocycles. The van der Waals surface area contributed by atoms with E-state index in [1.165, 1.54) is 0 Å². The Labute approximate surface area is 141 Å². The molecule has 1 aromatic heterocycles. The molecule has 0 unspecified atom stereocenters. The van der Waals surface area contributed by atoms with Crippen LogP contribution in [0.25, 0.3) is 10.8 Å². The molecule has 1 N–H and O–H groups in total. The number of carbonyl (C=O) groups is 1. The minimum absolute atomic E-state index is 0.0686. The Balaban J connectivity index is 1.82. The summed E-state index contributed by atoms with van der Waals surface area (Å²) in [6.45, 7) is 3.87. The zero-order chi connectivity index (χ0) is 17.1. The van der Waals surface area contributed by atoms with Gasteiger partial charge in [0.1, 0.15) is 11.6 Å². The molecule has 1 atom stereocenters. The molecule has 1 heterocycles. The highest BCUT2D eigenvalue weighted by Crippen LogP contribution is 2.25. The Bertz CT molecular complexity index is 890. The SMILES string of the molecule is COc1ccc2cc([C@@H](C)C(=O)Nc3cc(C)ccn3)ccc2c1. The molecule has 4 nitrogen and oxygen atoms in total. The van der Waals surface area contributed by atoms with Crippen LogP contribution < -0.4 is 10.1 Å². The molecule has 0 radical (unpaired) electrons. The van der Waals surface area contributed by atoms with Crippen LogP contribution in [0.1, 0.15) is 24.0 Å². The summed E-state index contributed by atoms with van der Waals surface area (Å²) in [4.78, 5) is 16.7. The summed E-state index contributed by atoms with van der Waals surface area (Å²) >= 11 is 0. The molecular weight excluding hydrogens is 300 g/mol. The van der Waals surface area contributed by atoms with Gasteiger partial charge in [-0.1, -0.05) is 24.3 Å². The summed E-state index contributed by atoms with van der Waals surface area (Å²) in [7, 11) is 1.65. The Kier molecular flexibility index (Phi) is 4.47. The predicted octanol–water partition coefficient (Wildman–Crippen LogP) is 4.29. The lowest BCUT2D eigenvalue weighted by Gasteiger charge is -2.13. The van der Waals surface area contributed by atoms with Gasteiger partial charge in [0.25, 0.3) is 0 Å². The van der Waals surface area contributed by atoms with Gasteiger partial charge in [-0.15, -0.1) is 0 Å². The molecule has 1 amide bonds. The monoisotopic (exact) mass is 320 g/mol. The van der Waals surface area contributed by atoms with E-state index in [9.17, 15) is 4.79 Å². The molecule has 0 saturated heterocycles. The van der Waals surface area contributed by atoms with Crippen molar-refractivity contribution >= 4 is 22.5 Å². The number of pyridine rings is 1. The van der Waals surface area contributed by atoms with Gasteiger partial charge < -0.3 is 10.1 Å². The normalized spacial score (nSPS) is 12.0. The molecule has 0 bridgehead atoms. The topological polar surface area (TPSA) is 51.2 Å². The van der Waals surface area contributed by atoms with E-state index >= 15 is 0 Å². The van der Waals surface area contributed by atoms with Crippen molar-refractivity contribution in [1.82, 2.24) is 4.98 Å². The Morgan fingerprint density at radius 2 is 1.83 bits per heavy atom. The number of amides is 1. The van der Waals surface area contributed by atoms with E-state index in [-0.39, 0.29) is 11.8 Å². The fourth-order valence-electron chi connectivity index (χ4n) is 2.63. The maximum atomic E-state index is 12.5. The second kappa shape index (κ2) is 6.71. The molecule has 0 fully saturated rings. The van der Waals surface area contributed by atoms with Crippen LogP contribution in [-0.2, 0) is 4.79 Å². The number of carbonyl (C=O) groups excluding carboxylic acids is 1. The van der Waals surface area contributed by atoms with Crippen molar-refractivity contribution in [3.05, 3.63) is 65.9 Å². The van der Waals surface area contributed by atoms with E-state index in [4.69, 9.17) is 4.74 Å². The molecule has 24 heavy (non-hydrogen) atoms. The summed E-state index contributed by atoms with van der Waals surface area (Å²) in [6, 6.07) is 15.7. The molecule has 0 aliphatic rings. The van der Waals surface area contributed by atoms with Gasteiger partial charge in [0, 0.05) is 6.20 Å². The second-order valence-corrected chi connectivity index (χ2v) is 5.90. The highest BCUT2D eigenvalue weighted by atomic mass is 16.5. The minimum atomic E-state index is -0.265. The van der Waals surface area contributed by atoms with Crippen LogP contribution in [0.5, 0.6) is 5.75 Å². The standard InChI is InChI=1S/C20H20N2O2/c1-13-8-9-21-19(10-13)22-20(23)14(2)15-4-5-17-12-18(24-3)7-6-16(17)11-15/h4-12,14H,1-3H3,(H,21,22,23)/t14-/m1/s1. The van der Waals surface area contributed by atoms with Gasteiger partial charge in [-0.2, -0.15) is 0 Å². The van der Waals surface area contributed by atoms with Crippen LogP contribution >= 0.6 is 0 Å². The predicted molar refractivity (Wildman–Crippen MR) is 96.5 cm³/mol. The van der Waals surface area contributed by atoms with Crippen LogP contribution in [0, 0.1) is 6.92 Å².